The summed E-state index contributed by atoms with van der Waals surface area (Å²) >= 11 is 1.65. The molecule has 1 heterocycles. The second-order valence-electron chi connectivity index (χ2n) is 2.16. The summed E-state index contributed by atoms with van der Waals surface area (Å²) in [6.07, 6.45) is 4.63. The van der Waals surface area contributed by atoms with Crippen LogP contribution in [-0.4, -0.2) is 6.21 Å². The van der Waals surface area contributed by atoms with Gasteiger partial charge in [0.25, 0.3) is 0 Å². The monoisotopic (exact) mass is 160 g/mol. The zero-order chi connectivity index (χ0) is 7.52. The number of rotatable bonds is 0. The molecule has 1 nitrogen and oxygen atoms in total. The number of nitrogens with zero attached hydrogens (tertiary/aromatic N) is 1. The van der Waals surface area contributed by atoms with Gasteiger partial charge in [-0.25, -0.2) is 0 Å². The Hall–Kier alpha value is -1.02. The van der Waals surface area contributed by atoms with Crippen LogP contribution in [0.25, 0.3) is 0 Å². The van der Waals surface area contributed by atoms with E-state index in [4.69, 9.17) is 0 Å². The molecule has 1 aliphatic rings. The highest BCUT2D eigenvalue weighted by Crippen LogP contribution is 2.23. The number of fused-ring (bicyclic) bond motifs is 1. The van der Waals surface area contributed by atoms with Crippen LogP contribution in [0.2, 0.25) is 0 Å². The molecule has 1 aromatic carbocycles. The molecule has 1 aliphatic heterocycles. The fraction of sp³-hybridized carbons (Fsp3) is 0. The minimum absolute atomic E-state index is 1.17. The number of hydrogen-bond acceptors (Lipinski definition) is 2. The molecule has 0 N–H and O–H groups in total. The van der Waals surface area contributed by atoms with Gasteiger partial charge in [-0.15, -0.1) is 0 Å². The molecular formula is C9H6NS. The van der Waals surface area contributed by atoms with Gasteiger partial charge in [-0.1, -0.05) is 30.0 Å². The number of aliphatic imine (C=N–C) groups is 1. The molecular weight excluding hydrogens is 154 g/mol. The molecule has 0 unspecified atom stereocenters. The molecule has 1 radical (unpaired) electrons. The van der Waals surface area contributed by atoms with E-state index in [2.05, 4.69) is 17.3 Å². The van der Waals surface area contributed by atoms with Gasteiger partial charge in [0.15, 0.2) is 0 Å². The van der Waals surface area contributed by atoms with Gasteiger partial charge in [-0.05, 0) is 6.07 Å². The van der Waals surface area contributed by atoms with Crippen molar-refractivity contribution in [3.05, 3.63) is 41.4 Å². The zero-order valence-electron chi connectivity index (χ0n) is 5.82. The lowest BCUT2D eigenvalue weighted by atomic mass is 10.2. The highest BCUT2D eigenvalue weighted by molar-refractivity contribution is 8.02. The van der Waals surface area contributed by atoms with E-state index in [-0.39, 0.29) is 0 Å². The van der Waals surface area contributed by atoms with Crippen molar-refractivity contribution in [1.29, 1.82) is 0 Å². The maximum absolute atomic E-state index is 3.96. The lowest BCUT2D eigenvalue weighted by molar-refractivity contribution is 1.43. The number of benzene rings is 1. The van der Waals surface area contributed by atoms with Crippen molar-refractivity contribution in [3.8, 4) is 0 Å². The zero-order valence-corrected chi connectivity index (χ0v) is 6.64. The van der Waals surface area contributed by atoms with E-state index in [9.17, 15) is 0 Å². The Kier molecular flexibility index (Phi) is 1.78. The topological polar surface area (TPSA) is 12.4 Å². The van der Waals surface area contributed by atoms with Crippen molar-refractivity contribution in [2.75, 3.05) is 0 Å². The summed E-state index contributed by atoms with van der Waals surface area (Å²) in [5, 5.41) is 1.86. The van der Waals surface area contributed by atoms with Crippen LogP contribution in [0.5, 0.6) is 0 Å². The van der Waals surface area contributed by atoms with Crippen LogP contribution in [0.15, 0.2) is 39.6 Å². The normalized spacial score (nSPS) is 14.2. The van der Waals surface area contributed by atoms with Gasteiger partial charge in [-0.2, -0.15) is 0 Å². The molecule has 0 atom stereocenters. The summed E-state index contributed by atoms with van der Waals surface area (Å²) in [4.78, 5) is 5.20. The van der Waals surface area contributed by atoms with Crippen molar-refractivity contribution in [1.82, 2.24) is 0 Å². The minimum atomic E-state index is 1.17. The van der Waals surface area contributed by atoms with Gasteiger partial charge in [0.05, 0.1) is 6.20 Å². The maximum Gasteiger partial charge on any atom is 0.0958 e. The van der Waals surface area contributed by atoms with Crippen LogP contribution in [0.3, 0.4) is 0 Å². The summed E-state index contributed by atoms with van der Waals surface area (Å²) in [5.74, 6) is 0. The third-order valence-electron chi connectivity index (χ3n) is 1.44. The lowest BCUT2D eigenvalue weighted by Gasteiger charge is -1.97. The Morgan fingerprint density at radius 3 is 3.18 bits per heavy atom. The van der Waals surface area contributed by atoms with Crippen LogP contribution in [0.4, 0.5) is 0 Å². The maximum atomic E-state index is 3.96. The molecule has 2 heteroatoms. The highest BCUT2D eigenvalue weighted by atomic mass is 32.2. The molecule has 0 fully saturated rings. The highest BCUT2D eigenvalue weighted by Gasteiger charge is 1.98. The van der Waals surface area contributed by atoms with E-state index in [0.717, 1.165) is 0 Å². The Morgan fingerprint density at radius 1 is 1.27 bits per heavy atom. The molecule has 53 valence electrons. The molecule has 0 aromatic heterocycles. The van der Waals surface area contributed by atoms with Gasteiger partial charge < -0.3 is 0 Å². The second kappa shape index (κ2) is 2.93. The summed E-state index contributed by atoms with van der Waals surface area (Å²) in [6, 6.07) is 8.16. The van der Waals surface area contributed by atoms with E-state index in [1.54, 1.807) is 11.8 Å². The second-order valence-corrected chi connectivity index (χ2v) is 3.07. The third kappa shape index (κ3) is 1.35. The largest absolute Gasteiger partial charge is 0.253 e. The van der Waals surface area contributed by atoms with Crippen molar-refractivity contribution >= 4 is 18.0 Å². The Balaban J connectivity index is 2.52. The average Bonchev–Trinajstić information content (AvgIpc) is 2.28. The van der Waals surface area contributed by atoms with E-state index >= 15 is 0 Å². The minimum Gasteiger partial charge on any atom is -0.253 e. The Bertz CT molecular complexity index is 315. The van der Waals surface area contributed by atoms with Crippen molar-refractivity contribution in [2.45, 2.75) is 4.90 Å². The Labute approximate surface area is 69.8 Å². The van der Waals surface area contributed by atoms with Gasteiger partial charge in [0, 0.05) is 22.1 Å². The summed E-state index contributed by atoms with van der Waals surface area (Å²) in [5.41, 5.74) is 1.17. The molecule has 11 heavy (non-hydrogen) atoms. The van der Waals surface area contributed by atoms with Crippen LogP contribution >= 0.6 is 11.8 Å². The summed E-state index contributed by atoms with van der Waals surface area (Å²) in [7, 11) is 0. The first kappa shape index (κ1) is 6.68. The predicted octanol–water partition coefficient (Wildman–Crippen LogP) is 2.49. The average molecular weight is 160 g/mol. The predicted molar refractivity (Wildman–Crippen MR) is 47.7 cm³/mol. The molecule has 0 bridgehead atoms. The molecule has 0 amide bonds. The van der Waals surface area contributed by atoms with Gasteiger partial charge in [-0.3, -0.25) is 4.99 Å². The van der Waals surface area contributed by atoms with Crippen LogP contribution < -0.4 is 0 Å². The van der Waals surface area contributed by atoms with Gasteiger partial charge >= 0.3 is 0 Å². The fourth-order valence-electron chi connectivity index (χ4n) is 0.922. The Morgan fingerprint density at radius 2 is 2.18 bits per heavy atom. The first-order valence-corrected chi connectivity index (χ1v) is 4.21. The van der Waals surface area contributed by atoms with Gasteiger partial charge in [0.1, 0.15) is 0 Å². The van der Waals surface area contributed by atoms with Crippen LogP contribution in [-0.2, 0) is 0 Å². The van der Waals surface area contributed by atoms with Crippen LogP contribution in [0, 0.1) is 6.20 Å². The summed E-state index contributed by atoms with van der Waals surface area (Å²) < 4.78 is 0. The first-order chi connectivity index (χ1) is 5.47. The molecule has 2 rings (SSSR count). The molecule has 0 saturated carbocycles. The SMILES string of the molecule is [C]1=CSc2ccccc2C=N1. The van der Waals surface area contributed by atoms with E-state index in [1.807, 2.05) is 29.8 Å². The summed E-state index contributed by atoms with van der Waals surface area (Å²) in [6.45, 7) is 0. The van der Waals surface area contributed by atoms with E-state index in [1.165, 1.54) is 10.5 Å². The molecule has 0 spiro atoms. The van der Waals surface area contributed by atoms with E-state index in [0.29, 0.717) is 0 Å². The van der Waals surface area contributed by atoms with Crippen molar-refractivity contribution < 1.29 is 0 Å². The molecule has 1 aromatic rings. The number of thioether (sulfide) groups is 1. The van der Waals surface area contributed by atoms with Gasteiger partial charge in [0.2, 0.25) is 0 Å². The first-order valence-electron chi connectivity index (χ1n) is 3.33. The molecule has 0 aliphatic carbocycles. The van der Waals surface area contributed by atoms with Crippen LogP contribution in [0.1, 0.15) is 5.56 Å². The smallest absolute Gasteiger partial charge is 0.0958 e. The third-order valence-corrected chi connectivity index (χ3v) is 2.28. The fourth-order valence-corrected chi connectivity index (χ4v) is 1.58. The number of hydrogen-bond donors (Lipinski definition) is 0. The standard InChI is InChI=1S/C9H6NS/c1-2-4-9-8(3-1)7-10-5-6-11-9/h1-4,6-7H. The van der Waals surface area contributed by atoms with Crippen molar-refractivity contribution in [2.24, 2.45) is 4.99 Å². The van der Waals surface area contributed by atoms with E-state index < -0.39 is 0 Å². The molecule has 0 saturated heterocycles. The lowest BCUT2D eigenvalue weighted by Crippen LogP contribution is -1.81. The van der Waals surface area contributed by atoms with Crippen molar-refractivity contribution in [3.63, 3.8) is 0 Å². The quantitative estimate of drug-likeness (QED) is 0.568.